The van der Waals surface area contributed by atoms with Gasteiger partial charge in [0, 0.05) is 51.3 Å². The Morgan fingerprint density at radius 1 is 1.14 bits per heavy atom. The third-order valence-electron chi connectivity index (χ3n) is 4.21. The number of hydrogen-bond donors (Lipinski definition) is 1. The van der Waals surface area contributed by atoms with Crippen molar-refractivity contribution in [3.63, 3.8) is 0 Å². The molecule has 2 aliphatic rings. The Hall–Kier alpha value is -1.88. The van der Waals surface area contributed by atoms with Crippen LogP contribution in [0, 0.1) is 0 Å². The number of amides is 2. The van der Waals surface area contributed by atoms with Crippen molar-refractivity contribution in [1.29, 1.82) is 0 Å². The molecule has 2 amide bonds. The summed E-state index contributed by atoms with van der Waals surface area (Å²) in [5.74, 6) is 0.272. The van der Waals surface area contributed by atoms with E-state index < -0.39 is 0 Å². The first-order chi connectivity index (χ1) is 10.3. The average Bonchev–Trinajstić information content (AvgIpc) is 2.54. The van der Waals surface area contributed by atoms with Crippen LogP contribution in [0.3, 0.4) is 0 Å². The molecule has 0 radical (unpaired) electrons. The van der Waals surface area contributed by atoms with Crippen molar-refractivity contribution in [3.8, 4) is 0 Å². The number of carbonyl (C=O) groups is 2. The summed E-state index contributed by atoms with van der Waals surface area (Å²) in [4.78, 5) is 28.0. The van der Waals surface area contributed by atoms with Crippen LogP contribution in [-0.4, -0.2) is 49.4 Å². The Balaban J connectivity index is 1.64. The third kappa shape index (κ3) is 3.08. The van der Waals surface area contributed by atoms with E-state index in [0.717, 1.165) is 38.3 Å². The number of benzene rings is 1. The summed E-state index contributed by atoms with van der Waals surface area (Å²) in [7, 11) is 0. The second-order valence-electron chi connectivity index (χ2n) is 5.55. The second kappa shape index (κ2) is 6.26. The Kier molecular flexibility index (Phi) is 4.20. The highest BCUT2D eigenvalue weighted by molar-refractivity contribution is 5.97. The third-order valence-corrected chi connectivity index (χ3v) is 4.21. The minimum Gasteiger partial charge on any atom is -0.340 e. The number of piperazine rings is 1. The molecule has 0 aliphatic carbocycles. The second-order valence-corrected chi connectivity index (χ2v) is 5.55. The molecule has 0 bridgehead atoms. The van der Waals surface area contributed by atoms with Gasteiger partial charge in [-0.2, -0.15) is 0 Å². The number of fused-ring (bicyclic) bond motifs is 1. The molecule has 1 fully saturated rings. The topological polar surface area (TPSA) is 52.7 Å². The summed E-state index contributed by atoms with van der Waals surface area (Å²) >= 11 is 0. The monoisotopic (exact) mass is 287 g/mol. The fourth-order valence-electron chi connectivity index (χ4n) is 3.02. The number of aryl methyl sites for hydroxylation is 1. The minimum absolute atomic E-state index is 0.127. The van der Waals surface area contributed by atoms with Crippen LogP contribution in [0.1, 0.15) is 18.4 Å². The van der Waals surface area contributed by atoms with Crippen molar-refractivity contribution in [2.75, 3.05) is 37.6 Å². The van der Waals surface area contributed by atoms with E-state index in [1.54, 1.807) is 4.90 Å². The zero-order chi connectivity index (χ0) is 14.7. The van der Waals surface area contributed by atoms with Crippen molar-refractivity contribution in [3.05, 3.63) is 29.8 Å². The van der Waals surface area contributed by atoms with E-state index in [1.807, 2.05) is 23.1 Å². The van der Waals surface area contributed by atoms with Crippen LogP contribution in [0.25, 0.3) is 0 Å². The van der Waals surface area contributed by atoms with Gasteiger partial charge >= 0.3 is 0 Å². The van der Waals surface area contributed by atoms with Crippen LogP contribution >= 0.6 is 0 Å². The summed E-state index contributed by atoms with van der Waals surface area (Å²) in [6, 6.07) is 7.98. The Morgan fingerprint density at radius 2 is 1.90 bits per heavy atom. The molecule has 2 aliphatic heterocycles. The first kappa shape index (κ1) is 14.1. The zero-order valence-corrected chi connectivity index (χ0v) is 12.2. The summed E-state index contributed by atoms with van der Waals surface area (Å²) in [6.07, 6.45) is 1.75. The maximum absolute atomic E-state index is 12.2. The van der Waals surface area contributed by atoms with Gasteiger partial charge in [-0.15, -0.1) is 0 Å². The Bertz CT molecular complexity index is 538. The minimum atomic E-state index is 0.127. The molecule has 0 unspecified atom stereocenters. The average molecular weight is 287 g/mol. The van der Waals surface area contributed by atoms with Gasteiger partial charge in [0.15, 0.2) is 0 Å². The molecule has 0 spiro atoms. The number of nitrogens with zero attached hydrogens (tertiary/aromatic N) is 2. The molecule has 112 valence electrons. The van der Waals surface area contributed by atoms with Gasteiger partial charge in [0.2, 0.25) is 11.8 Å². The first-order valence-corrected chi connectivity index (χ1v) is 7.62. The van der Waals surface area contributed by atoms with Crippen LogP contribution in [0.15, 0.2) is 24.3 Å². The molecule has 1 aromatic rings. The molecule has 3 rings (SSSR count). The molecular weight excluding hydrogens is 266 g/mol. The number of anilines is 1. The van der Waals surface area contributed by atoms with Crippen LogP contribution in [0.2, 0.25) is 0 Å². The number of nitrogens with one attached hydrogen (secondary N) is 1. The van der Waals surface area contributed by atoms with Gasteiger partial charge in [0.05, 0.1) is 0 Å². The van der Waals surface area contributed by atoms with Crippen molar-refractivity contribution in [1.82, 2.24) is 10.2 Å². The molecule has 2 heterocycles. The van der Waals surface area contributed by atoms with E-state index in [2.05, 4.69) is 11.4 Å². The number of para-hydroxylation sites is 1. The fraction of sp³-hybridized carbons (Fsp3) is 0.500. The van der Waals surface area contributed by atoms with Crippen LogP contribution in [0.4, 0.5) is 5.69 Å². The van der Waals surface area contributed by atoms with Gasteiger partial charge in [-0.3, -0.25) is 9.59 Å². The summed E-state index contributed by atoms with van der Waals surface area (Å²) in [5, 5.41) is 3.24. The van der Waals surface area contributed by atoms with E-state index in [4.69, 9.17) is 0 Å². The van der Waals surface area contributed by atoms with Gasteiger partial charge in [0.1, 0.15) is 0 Å². The SMILES string of the molecule is O=C(CCN1C(=O)CCc2ccccc21)N1CCNCC1. The largest absolute Gasteiger partial charge is 0.340 e. The summed E-state index contributed by atoms with van der Waals surface area (Å²) in [6.45, 7) is 3.74. The lowest BCUT2D eigenvalue weighted by Crippen LogP contribution is -2.47. The number of carbonyl (C=O) groups excluding carboxylic acids is 2. The van der Waals surface area contributed by atoms with Crippen LogP contribution in [0.5, 0.6) is 0 Å². The molecule has 1 N–H and O–H groups in total. The maximum Gasteiger partial charge on any atom is 0.227 e. The highest BCUT2D eigenvalue weighted by atomic mass is 16.2. The zero-order valence-electron chi connectivity index (χ0n) is 12.2. The normalized spacial score (nSPS) is 18.6. The van der Waals surface area contributed by atoms with Gasteiger partial charge < -0.3 is 15.1 Å². The predicted octanol–water partition coefficient (Wildman–Crippen LogP) is 0.788. The van der Waals surface area contributed by atoms with E-state index in [0.29, 0.717) is 19.4 Å². The fourth-order valence-corrected chi connectivity index (χ4v) is 3.02. The summed E-state index contributed by atoms with van der Waals surface area (Å²) < 4.78 is 0. The van der Waals surface area contributed by atoms with Crippen molar-refractivity contribution in [2.45, 2.75) is 19.3 Å². The van der Waals surface area contributed by atoms with E-state index in [1.165, 1.54) is 5.56 Å². The number of rotatable bonds is 3. The standard InChI is InChI=1S/C16H21N3O2/c20-15(18-11-8-17-9-12-18)7-10-19-14-4-2-1-3-13(14)5-6-16(19)21/h1-4,17H,5-12H2. The van der Waals surface area contributed by atoms with Crippen molar-refractivity contribution in [2.24, 2.45) is 0 Å². The molecule has 0 atom stereocenters. The lowest BCUT2D eigenvalue weighted by atomic mass is 10.0. The van der Waals surface area contributed by atoms with Crippen LogP contribution in [-0.2, 0) is 16.0 Å². The predicted molar refractivity (Wildman–Crippen MR) is 81.2 cm³/mol. The van der Waals surface area contributed by atoms with Gasteiger partial charge in [0.25, 0.3) is 0 Å². The Labute approximate surface area is 124 Å². The molecule has 0 saturated carbocycles. The van der Waals surface area contributed by atoms with E-state index in [-0.39, 0.29) is 11.8 Å². The van der Waals surface area contributed by atoms with Crippen molar-refractivity contribution >= 4 is 17.5 Å². The lowest BCUT2D eigenvalue weighted by Gasteiger charge is -2.31. The molecule has 21 heavy (non-hydrogen) atoms. The van der Waals surface area contributed by atoms with Crippen molar-refractivity contribution < 1.29 is 9.59 Å². The molecule has 0 aromatic heterocycles. The van der Waals surface area contributed by atoms with Crippen LogP contribution < -0.4 is 10.2 Å². The van der Waals surface area contributed by atoms with Gasteiger partial charge in [-0.1, -0.05) is 18.2 Å². The smallest absolute Gasteiger partial charge is 0.227 e. The summed E-state index contributed by atoms with van der Waals surface area (Å²) in [5.41, 5.74) is 2.17. The highest BCUT2D eigenvalue weighted by Crippen LogP contribution is 2.27. The molecule has 5 nitrogen and oxygen atoms in total. The maximum atomic E-state index is 12.2. The Morgan fingerprint density at radius 3 is 2.71 bits per heavy atom. The molecular formula is C16H21N3O2. The number of hydrogen-bond acceptors (Lipinski definition) is 3. The molecule has 1 saturated heterocycles. The highest BCUT2D eigenvalue weighted by Gasteiger charge is 2.25. The first-order valence-electron chi connectivity index (χ1n) is 7.62. The molecule has 5 heteroatoms. The van der Waals surface area contributed by atoms with E-state index in [9.17, 15) is 9.59 Å². The van der Waals surface area contributed by atoms with Gasteiger partial charge in [-0.25, -0.2) is 0 Å². The quantitative estimate of drug-likeness (QED) is 0.894. The van der Waals surface area contributed by atoms with E-state index >= 15 is 0 Å². The lowest BCUT2D eigenvalue weighted by molar-refractivity contribution is -0.131. The van der Waals surface area contributed by atoms with Gasteiger partial charge in [-0.05, 0) is 18.1 Å². The molecule has 1 aromatic carbocycles.